The Kier molecular flexibility index (Phi) is 11.7. The number of hydrogen-bond acceptors (Lipinski definition) is 18. The van der Waals surface area contributed by atoms with Gasteiger partial charge in [-0.2, -0.15) is 0 Å². The zero-order chi connectivity index (χ0) is 33.2. The molecule has 3 heterocycles. The number of aromatic hydroxyl groups is 2. The third-order valence-electron chi connectivity index (χ3n) is 7.67. The molecule has 18 heteroatoms. The molecule has 15 atom stereocenters. The summed E-state index contributed by atoms with van der Waals surface area (Å²) in [6, 6.07) is 3.69. The molecule has 3 aliphatic heterocycles. The topological polar surface area (TPSA) is 295 Å². The van der Waals surface area contributed by atoms with Crippen LogP contribution in [-0.4, -0.2) is 167 Å². The Balaban J connectivity index is 1.57. The number of rotatable bonds is 9. The fourth-order valence-corrected chi connectivity index (χ4v) is 5.00. The minimum absolute atomic E-state index is 0.271. The van der Waals surface area contributed by atoms with E-state index in [1.54, 1.807) is 0 Å². The Morgan fingerprint density at radius 3 is 2.11 bits per heavy atom. The Morgan fingerprint density at radius 2 is 1.44 bits per heavy atom. The first-order chi connectivity index (χ1) is 21.2. The SMILES string of the molecule is C[C@H]1O[C@H](O[C@@H]2[C@@H](O)[C@H](O)O[C@H](CO[C@@H]3O[C@H](CO)[C@@H](O)[C@H](O)[C@H]3O)[C@H]2OC(=O)/C=C/c2ccc(O)c(O)c2)[C@@H](O)[C@@H](O)[C@@H]1O. The van der Waals surface area contributed by atoms with Crippen molar-refractivity contribution >= 4 is 12.0 Å². The maximum Gasteiger partial charge on any atom is 0.331 e. The number of ether oxygens (including phenoxy) is 6. The summed E-state index contributed by atoms with van der Waals surface area (Å²) in [6.45, 7) is -0.0722. The van der Waals surface area contributed by atoms with Crippen LogP contribution < -0.4 is 0 Å². The molecule has 0 unspecified atom stereocenters. The first-order valence-corrected chi connectivity index (χ1v) is 13.9. The molecular weight excluding hydrogens is 612 g/mol. The van der Waals surface area contributed by atoms with Crippen molar-refractivity contribution in [2.75, 3.05) is 13.2 Å². The second-order valence-corrected chi connectivity index (χ2v) is 10.9. The van der Waals surface area contributed by atoms with E-state index < -0.39 is 123 Å². The standard InChI is InChI=1S/C27H38O18/c1-9-16(32)18(34)21(37)27(41-9)45-24-22(38)25(39)42-14(8-40-26-20(36)19(35)17(33)13(7-28)43-26)23(24)44-15(31)5-3-10-2-4-11(29)12(30)6-10/h2-6,9,13-14,16-30,32-39H,7-8H2,1H3/b5-3+/t9-,13-,14-,16-,17-,18+,19+,20-,21+,22-,23-,24-,25-,26-,27-/m1/s1. The number of carbonyl (C=O) groups is 1. The zero-order valence-corrected chi connectivity index (χ0v) is 23.7. The van der Waals surface area contributed by atoms with E-state index in [9.17, 15) is 61.0 Å². The average Bonchev–Trinajstić information content (AvgIpc) is 3.01. The van der Waals surface area contributed by atoms with E-state index in [2.05, 4.69) is 0 Å². The summed E-state index contributed by atoms with van der Waals surface area (Å²) < 4.78 is 32.8. The monoisotopic (exact) mass is 650 g/mol. The minimum Gasteiger partial charge on any atom is -0.504 e. The number of hydrogen-bond donors (Lipinski definition) is 11. The van der Waals surface area contributed by atoms with Crippen molar-refractivity contribution in [2.45, 2.75) is 99.0 Å². The highest BCUT2D eigenvalue weighted by Gasteiger charge is 2.52. The van der Waals surface area contributed by atoms with E-state index >= 15 is 0 Å². The molecule has 18 nitrogen and oxygen atoms in total. The molecule has 0 radical (unpaired) electrons. The number of phenols is 2. The lowest BCUT2D eigenvalue weighted by Gasteiger charge is -2.46. The van der Waals surface area contributed by atoms with E-state index in [0.717, 1.165) is 12.1 Å². The van der Waals surface area contributed by atoms with Crippen molar-refractivity contribution in [1.82, 2.24) is 0 Å². The molecule has 11 N–H and O–H groups in total. The van der Waals surface area contributed by atoms with Crippen LogP contribution in [0.1, 0.15) is 12.5 Å². The maximum absolute atomic E-state index is 12.9. The van der Waals surface area contributed by atoms with Gasteiger partial charge in [-0.05, 0) is 30.7 Å². The van der Waals surface area contributed by atoms with Gasteiger partial charge < -0.3 is 84.6 Å². The molecule has 0 aliphatic carbocycles. The smallest absolute Gasteiger partial charge is 0.331 e. The third kappa shape index (κ3) is 7.89. The van der Waals surface area contributed by atoms with Crippen molar-refractivity contribution < 1.29 is 89.4 Å². The van der Waals surface area contributed by atoms with Gasteiger partial charge in [-0.15, -0.1) is 0 Å². The third-order valence-corrected chi connectivity index (χ3v) is 7.67. The van der Waals surface area contributed by atoms with Gasteiger partial charge >= 0.3 is 5.97 Å². The Labute approximate surface area is 255 Å². The zero-order valence-electron chi connectivity index (χ0n) is 23.7. The van der Waals surface area contributed by atoms with Crippen LogP contribution in [0.5, 0.6) is 11.5 Å². The molecular formula is C27H38O18. The predicted molar refractivity (Wildman–Crippen MR) is 143 cm³/mol. The molecule has 1 aromatic carbocycles. The van der Waals surface area contributed by atoms with Crippen LogP contribution in [0.4, 0.5) is 0 Å². The highest BCUT2D eigenvalue weighted by molar-refractivity contribution is 5.87. The van der Waals surface area contributed by atoms with Crippen molar-refractivity contribution in [2.24, 2.45) is 0 Å². The summed E-state index contributed by atoms with van der Waals surface area (Å²) in [5.41, 5.74) is 0.271. The van der Waals surface area contributed by atoms with Gasteiger partial charge in [-0.3, -0.25) is 0 Å². The number of esters is 1. The van der Waals surface area contributed by atoms with E-state index in [1.807, 2.05) is 0 Å². The normalized spacial score (nSPS) is 42.5. The molecule has 4 rings (SSSR count). The van der Waals surface area contributed by atoms with Crippen LogP contribution in [-0.2, 0) is 33.2 Å². The van der Waals surface area contributed by atoms with Gasteiger partial charge in [0.25, 0.3) is 0 Å². The van der Waals surface area contributed by atoms with Gasteiger partial charge in [0.15, 0.2) is 36.5 Å². The molecule has 254 valence electrons. The number of aliphatic hydroxyl groups is 9. The van der Waals surface area contributed by atoms with Gasteiger partial charge in [0.05, 0.1) is 19.3 Å². The molecule has 3 aliphatic rings. The molecule has 45 heavy (non-hydrogen) atoms. The van der Waals surface area contributed by atoms with Crippen LogP contribution in [0, 0.1) is 0 Å². The van der Waals surface area contributed by atoms with E-state index in [-0.39, 0.29) is 5.56 Å². The van der Waals surface area contributed by atoms with Crippen LogP contribution in [0.15, 0.2) is 24.3 Å². The van der Waals surface area contributed by atoms with Crippen molar-refractivity contribution in [3.8, 4) is 11.5 Å². The first-order valence-electron chi connectivity index (χ1n) is 13.9. The van der Waals surface area contributed by atoms with Gasteiger partial charge in [0.1, 0.15) is 61.0 Å². The molecule has 0 spiro atoms. The summed E-state index contributed by atoms with van der Waals surface area (Å²) in [6.07, 6.45) is -23.0. The quantitative estimate of drug-likeness (QED) is 0.0678. The minimum atomic E-state index is -2.02. The highest BCUT2D eigenvalue weighted by atomic mass is 16.7. The van der Waals surface area contributed by atoms with Crippen molar-refractivity contribution in [3.05, 3.63) is 29.8 Å². The summed E-state index contributed by atoms with van der Waals surface area (Å²) in [5, 5.41) is 111. The molecule has 0 bridgehead atoms. The molecule has 0 aromatic heterocycles. The van der Waals surface area contributed by atoms with Gasteiger partial charge in [-0.25, -0.2) is 4.79 Å². The number of benzene rings is 1. The fourth-order valence-electron chi connectivity index (χ4n) is 5.00. The second-order valence-electron chi connectivity index (χ2n) is 10.9. The largest absolute Gasteiger partial charge is 0.504 e. The van der Waals surface area contributed by atoms with Crippen molar-refractivity contribution in [3.63, 3.8) is 0 Å². The number of phenolic OH excluding ortho intramolecular Hbond substituents is 2. The van der Waals surface area contributed by atoms with Gasteiger partial charge in [0, 0.05) is 6.08 Å². The summed E-state index contributed by atoms with van der Waals surface area (Å²) in [5.74, 6) is -1.95. The van der Waals surface area contributed by atoms with Crippen LogP contribution in [0.25, 0.3) is 6.08 Å². The van der Waals surface area contributed by atoms with Crippen LogP contribution in [0.2, 0.25) is 0 Å². The lowest BCUT2D eigenvalue weighted by atomic mass is 9.96. The van der Waals surface area contributed by atoms with Crippen LogP contribution >= 0.6 is 0 Å². The number of carbonyl (C=O) groups excluding carboxylic acids is 1. The lowest BCUT2D eigenvalue weighted by molar-refractivity contribution is -0.359. The summed E-state index contributed by atoms with van der Waals surface area (Å²) in [4.78, 5) is 12.9. The molecule has 0 saturated carbocycles. The summed E-state index contributed by atoms with van der Waals surface area (Å²) >= 11 is 0. The van der Waals surface area contributed by atoms with E-state index in [4.69, 9.17) is 28.4 Å². The Hall–Kier alpha value is -2.53. The molecule has 0 amide bonds. The molecule has 3 fully saturated rings. The van der Waals surface area contributed by atoms with Gasteiger partial charge in [0.2, 0.25) is 0 Å². The van der Waals surface area contributed by atoms with E-state index in [0.29, 0.717) is 0 Å². The predicted octanol–water partition coefficient (Wildman–Crippen LogP) is -4.87. The molecule has 3 saturated heterocycles. The lowest BCUT2D eigenvalue weighted by Crippen LogP contribution is -2.65. The Morgan fingerprint density at radius 1 is 0.778 bits per heavy atom. The van der Waals surface area contributed by atoms with Crippen LogP contribution in [0.3, 0.4) is 0 Å². The first kappa shape index (κ1) is 35.3. The Bertz CT molecular complexity index is 1160. The average molecular weight is 651 g/mol. The van der Waals surface area contributed by atoms with Gasteiger partial charge in [-0.1, -0.05) is 6.07 Å². The van der Waals surface area contributed by atoms with E-state index in [1.165, 1.54) is 25.1 Å². The maximum atomic E-state index is 12.9. The fraction of sp³-hybridized carbons (Fsp3) is 0.667. The second kappa shape index (κ2) is 14.9. The highest BCUT2D eigenvalue weighted by Crippen LogP contribution is 2.32. The molecule has 1 aromatic rings. The van der Waals surface area contributed by atoms with Crippen molar-refractivity contribution in [1.29, 1.82) is 0 Å². The summed E-state index contributed by atoms with van der Waals surface area (Å²) in [7, 11) is 0. The number of aliphatic hydroxyl groups excluding tert-OH is 9.